The average molecular weight is 153 g/mol. The van der Waals surface area contributed by atoms with Gasteiger partial charge in [0.2, 0.25) is 0 Å². The molecule has 0 aromatic rings. The second-order valence-corrected chi connectivity index (χ2v) is 3.27. The van der Waals surface area contributed by atoms with Crippen LogP contribution in [0.15, 0.2) is 36.4 Å². The summed E-state index contributed by atoms with van der Waals surface area (Å²) in [6, 6.07) is 10.9. The molecular formula is C12H9-. The fourth-order valence-electron chi connectivity index (χ4n) is 1.98. The van der Waals surface area contributed by atoms with Crippen LogP contribution in [0.3, 0.4) is 0 Å². The summed E-state index contributed by atoms with van der Waals surface area (Å²) in [6.07, 6.45) is 5.55. The van der Waals surface area contributed by atoms with Gasteiger partial charge in [0.1, 0.15) is 0 Å². The van der Waals surface area contributed by atoms with E-state index in [0.29, 0.717) is 0 Å². The quantitative estimate of drug-likeness (QED) is 0.510. The highest BCUT2D eigenvalue weighted by molar-refractivity contribution is 5.78. The second-order valence-electron chi connectivity index (χ2n) is 3.27. The molecule has 58 valence electrons. The van der Waals surface area contributed by atoms with Crippen molar-refractivity contribution in [3.05, 3.63) is 47.5 Å². The van der Waals surface area contributed by atoms with Crippen LogP contribution in [0.5, 0.6) is 0 Å². The summed E-state index contributed by atoms with van der Waals surface area (Å²) < 4.78 is 0. The van der Waals surface area contributed by atoms with Gasteiger partial charge in [-0.25, -0.2) is 0 Å². The molecule has 0 nitrogen and oxygen atoms in total. The number of hydrogen-bond acceptors (Lipinski definition) is 0. The fourth-order valence-corrected chi connectivity index (χ4v) is 1.98. The van der Waals surface area contributed by atoms with Gasteiger partial charge < -0.3 is 0 Å². The van der Waals surface area contributed by atoms with Crippen molar-refractivity contribution in [1.29, 1.82) is 0 Å². The largest absolute Gasteiger partial charge is 0.151 e. The zero-order chi connectivity index (χ0) is 7.97. The predicted molar refractivity (Wildman–Crippen MR) is 51.4 cm³/mol. The van der Waals surface area contributed by atoms with Crippen molar-refractivity contribution in [2.45, 2.75) is 6.42 Å². The Bertz CT molecular complexity index is 418. The maximum Gasteiger partial charge on any atom is -0.0591 e. The maximum atomic E-state index is 2.23. The summed E-state index contributed by atoms with van der Waals surface area (Å²) in [5, 5.41) is 0. The van der Waals surface area contributed by atoms with Gasteiger partial charge >= 0.3 is 0 Å². The molecule has 0 heterocycles. The van der Waals surface area contributed by atoms with E-state index in [2.05, 4.69) is 42.5 Å². The van der Waals surface area contributed by atoms with Gasteiger partial charge in [0, 0.05) is 0 Å². The Morgan fingerprint density at radius 1 is 1.17 bits per heavy atom. The molecule has 0 N–H and O–H groups in total. The van der Waals surface area contributed by atoms with Crippen LogP contribution in [-0.4, -0.2) is 0 Å². The van der Waals surface area contributed by atoms with E-state index in [9.17, 15) is 0 Å². The number of rotatable bonds is 0. The SMILES string of the molecule is C1=C[c-]2ccc3cccc-3c2C1. The fraction of sp³-hybridized carbons (Fsp3) is 0.0833. The Hall–Kier alpha value is -1.43. The highest BCUT2D eigenvalue weighted by Gasteiger charge is 2.05. The molecule has 0 amide bonds. The molecule has 0 heteroatoms. The summed E-state index contributed by atoms with van der Waals surface area (Å²) in [6.45, 7) is 0. The van der Waals surface area contributed by atoms with Crippen LogP contribution in [0.25, 0.3) is 17.2 Å². The molecule has 3 rings (SSSR count). The summed E-state index contributed by atoms with van der Waals surface area (Å²) in [7, 11) is 0. The molecule has 0 spiro atoms. The minimum Gasteiger partial charge on any atom is -0.151 e. The summed E-state index contributed by atoms with van der Waals surface area (Å²) >= 11 is 0. The van der Waals surface area contributed by atoms with Gasteiger partial charge in [-0.05, 0) is 0 Å². The van der Waals surface area contributed by atoms with Crippen LogP contribution in [-0.2, 0) is 6.42 Å². The van der Waals surface area contributed by atoms with Crippen LogP contribution >= 0.6 is 0 Å². The smallest absolute Gasteiger partial charge is 0.0591 e. The summed E-state index contributed by atoms with van der Waals surface area (Å²) in [4.78, 5) is 0. The van der Waals surface area contributed by atoms with Crippen molar-refractivity contribution >= 4 is 6.08 Å². The van der Waals surface area contributed by atoms with Gasteiger partial charge in [-0.3, -0.25) is 0 Å². The van der Waals surface area contributed by atoms with Crippen molar-refractivity contribution in [1.82, 2.24) is 0 Å². The molecule has 0 aromatic carbocycles. The molecule has 0 aromatic heterocycles. The highest BCUT2D eigenvalue weighted by atomic mass is 14.2. The third kappa shape index (κ3) is 0.646. The predicted octanol–water partition coefficient (Wildman–Crippen LogP) is 3.08. The Morgan fingerprint density at radius 2 is 2.17 bits per heavy atom. The van der Waals surface area contributed by atoms with E-state index in [1.807, 2.05) is 0 Å². The van der Waals surface area contributed by atoms with Crippen molar-refractivity contribution in [3.8, 4) is 11.1 Å². The lowest BCUT2D eigenvalue weighted by Crippen LogP contribution is -1.85. The third-order valence-corrected chi connectivity index (χ3v) is 2.59. The normalized spacial score (nSPS) is 14.0. The van der Waals surface area contributed by atoms with E-state index in [1.165, 1.54) is 22.3 Å². The zero-order valence-electron chi connectivity index (χ0n) is 6.75. The zero-order valence-corrected chi connectivity index (χ0v) is 6.75. The minimum absolute atomic E-state index is 1.11. The number of allylic oxidation sites excluding steroid dienone is 1. The molecule has 3 aliphatic rings. The molecule has 0 bridgehead atoms. The van der Waals surface area contributed by atoms with Crippen LogP contribution in [0, 0.1) is 0 Å². The van der Waals surface area contributed by atoms with Gasteiger partial charge in [-0.2, -0.15) is 6.08 Å². The van der Waals surface area contributed by atoms with E-state index >= 15 is 0 Å². The van der Waals surface area contributed by atoms with E-state index in [1.54, 1.807) is 0 Å². The van der Waals surface area contributed by atoms with E-state index in [-0.39, 0.29) is 0 Å². The molecule has 0 saturated carbocycles. The topological polar surface area (TPSA) is 0 Å². The molecular weight excluding hydrogens is 144 g/mol. The monoisotopic (exact) mass is 153 g/mol. The minimum atomic E-state index is 1.11. The number of hydrogen-bond donors (Lipinski definition) is 0. The van der Waals surface area contributed by atoms with Crippen LogP contribution in [0.2, 0.25) is 0 Å². The lowest BCUT2D eigenvalue weighted by molar-refractivity contribution is 1.32. The molecule has 0 aliphatic heterocycles. The van der Waals surface area contributed by atoms with Crippen LogP contribution in [0.4, 0.5) is 0 Å². The molecule has 12 heavy (non-hydrogen) atoms. The van der Waals surface area contributed by atoms with Gasteiger partial charge in [0.25, 0.3) is 0 Å². The lowest BCUT2D eigenvalue weighted by Gasteiger charge is -2.13. The maximum absolute atomic E-state index is 2.23. The molecule has 0 unspecified atom stereocenters. The second kappa shape index (κ2) is 2.04. The van der Waals surface area contributed by atoms with Crippen molar-refractivity contribution in [2.75, 3.05) is 0 Å². The first-order valence-electron chi connectivity index (χ1n) is 4.29. The van der Waals surface area contributed by atoms with E-state index < -0.39 is 0 Å². The Labute approximate surface area is 71.9 Å². The van der Waals surface area contributed by atoms with Gasteiger partial charge in [-0.1, -0.05) is 30.2 Å². The van der Waals surface area contributed by atoms with E-state index in [0.717, 1.165) is 6.42 Å². The third-order valence-electron chi connectivity index (χ3n) is 2.59. The first kappa shape index (κ1) is 6.13. The first-order chi connectivity index (χ1) is 5.95. The Kier molecular flexibility index (Phi) is 1.04. The molecule has 0 atom stereocenters. The lowest BCUT2D eigenvalue weighted by atomic mass is 9.99. The standard InChI is InChI=1S/C12H9/c1-3-9-7-8-10-4-2-6-12(10)11(9)5-1/h1-5,7-8H,6H2/q-1. The van der Waals surface area contributed by atoms with Crippen molar-refractivity contribution < 1.29 is 0 Å². The van der Waals surface area contributed by atoms with Gasteiger partial charge in [0.15, 0.2) is 0 Å². The molecule has 0 fully saturated rings. The van der Waals surface area contributed by atoms with Crippen molar-refractivity contribution in [2.24, 2.45) is 0 Å². The van der Waals surface area contributed by atoms with E-state index in [4.69, 9.17) is 0 Å². The highest BCUT2D eigenvalue weighted by Crippen LogP contribution is 2.33. The molecule has 3 aliphatic carbocycles. The average Bonchev–Trinajstić information content (AvgIpc) is 2.71. The summed E-state index contributed by atoms with van der Waals surface area (Å²) in [5.74, 6) is 0. The van der Waals surface area contributed by atoms with Crippen molar-refractivity contribution in [3.63, 3.8) is 0 Å². The molecule has 0 saturated heterocycles. The Morgan fingerprint density at radius 3 is 3.17 bits per heavy atom. The summed E-state index contributed by atoms with van der Waals surface area (Å²) in [5.41, 5.74) is 5.70. The number of fused-ring (bicyclic) bond motifs is 3. The van der Waals surface area contributed by atoms with Crippen LogP contribution < -0.4 is 0 Å². The Balaban J connectivity index is 2.41. The van der Waals surface area contributed by atoms with Gasteiger partial charge in [0.05, 0.1) is 0 Å². The molecule has 0 radical (unpaired) electrons. The van der Waals surface area contributed by atoms with Gasteiger partial charge in [-0.15, -0.1) is 34.9 Å². The first-order valence-corrected chi connectivity index (χ1v) is 4.29. The van der Waals surface area contributed by atoms with Crippen LogP contribution in [0.1, 0.15) is 11.1 Å². The number of benzene rings is 1.